The number of hydrogen-bond acceptors (Lipinski definition) is 4. The Morgan fingerprint density at radius 1 is 1.31 bits per heavy atom. The van der Waals surface area contributed by atoms with Crippen LogP contribution in [0.2, 0.25) is 0 Å². The highest BCUT2D eigenvalue weighted by atomic mass is 127. The van der Waals surface area contributed by atoms with E-state index in [0.717, 1.165) is 50.9 Å². The summed E-state index contributed by atoms with van der Waals surface area (Å²) in [6.07, 6.45) is 5.53. The molecule has 0 radical (unpaired) electrons. The summed E-state index contributed by atoms with van der Waals surface area (Å²) in [6, 6.07) is 4.24. The van der Waals surface area contributed by atoms with Crippen LogP contribution in [0.5, 0.6) is 0 Å². The molecule has 2 rings (SSSR count). The molecular formula is C19H35IN4O2. The zero-order valence-electron chi connectivity index (χ0n) is 16.4. The predicted octanol–water partition coefficient (Wildman–Crippen LogP) is 3.40. The summed E-state index contributed by atoms with van der Waals surface area (Å²) in [5.74, 6) is 1.87. The molecule has 0 aromatic carbocycles. The first-order valence-electron chi connectivity index (χ1n) is 9.62. The lowest BCUT2D eigenvalue weighted by atomic mass is 10.2. The van der Waals surface area contributed by atoms with Crippen LogP contribution >= 0.6 is 24.0 Å². The smallest absolute Gasteiger partial charge is 0.191 e. The second kappa shape index (κ2) is 13.4. The molecule has 1 unspecified atom stereocenters. The van der Waals surface area contributed by atoms with Gasteiger partial charge in [0.1, 0.15) is 5.76 Å². The highest BCUT2D eigenvalue weighted by Crippen LogP contribution is 2.25. The number of likely N-dealkylation sites (tertiary alicyclic amines) is 1. The maximum atomic E-state index is 5.67. The van der Waals surface area contributed by atoms with E-state index in [0.29, 0.717) is 6.54 Å². The fraction of sp³-hybridized carbons (Fsp3) is 0.737. The van der Waals surface area contributed by atoms with Crippen LogP contribution in [0, 0.1) is 0 Å². The van der Waals surface area contributed by atoms with Crippen molar-refractivity contribution in [3.8, 4) is 0 Å². The zero-order chi connectivity index (χ0) is 17.9. The average molecular weight is 478 g/mol. The number of furan rings is 1. The van der Waals surface area contributed by atoms with Crippen LogP contribution in [0.4, 0.5) is 0 Å². The Hall–Kier alpha value is -0.800. The van der Waals surface area contributed by atoms with Gasteiger partial charge in [0.15, 0.2) is 5.96 Å². The fourth-order valence-electron chi connectivity index (χ4n) is 3.04. The van der Waals surface area contributed by atoms with E-state index in [4.69, 9.17) is 14.1 Å². The second-order valence-corrected chi connectivity index (χ2v) is 6.69. The summed E-state index contributed by atoms with van der Waals surface area (Å²) in [5.41, 5.74) is 0. The number of aliphatic imine (C=N–C) groups is 1. The van der Waals surface area contributed by atoms with E-state index in [2.05, 4.69) is 42.4 Å². The van der Waals surface area contributed by atoms with Crippen molar-refractivity contribution in [2.24, 2.45) is 4.99 Å². The molecule has 26 heavy (non-hydrogen) atoms. The molecule has 1 aromatic heterocycles. The topological polar surface area (TPSA) is 62.0 Å². The summed E-state index contributed by atoms with van der Waals surface area (Å²) in [4.78, 5) is 7.27. The summed E-state index contributed by atoms with van der Waals surface area (Å²) in [5, 5.41) is 6.72. The first kappa shape index (κ1) is 23.2. The van der Waals surface area contributed by atoms with Crippen molar-refractivity contribution in [2.45, 2.75) is 52.2 Å². The quantitative estimate of drug-likeness (QED) is 0.234. The normalized spacial score (nSPS) is 16.5. The van der Waals surface area contributed by atoms with Gasteiger partial charge in [-0.15, -0.1) is 24.0 Å². The van der Waals surface area contributed by atoms with E-state index in [-0.39, 0.29) is 36.1 Å². The molecular weight excluding hydrogens is 443 g/mol. The van der Waals surface area contributed by atoms with E-state index in [9.17, 15) is 0 Å². The van der Waals surface area contributed by atoms with E-state index in [1.807, 2.05) is 6.07 Å². The molecule has 1 aromatic rings. The third-order valence-corrected chi connectivity index (χ3v) is 4.28. The predicted molar refractivity (Wildman–Crippen MR) is 117 cm³/mol. The largest absolute Gasteiger partial charge is 0.468 e. The second-order valence-electron chi connectivity index (χ2n) is 6.69. The lowest BCUT2D eigenvalue weighted by Crippen LogP contribution is -2.39. The zero-order valence-corrected chi connectivity index (χ0v) is 18.7. The molecule has 2 heterocycles. The van der Waals surface area contributed by atoms with Crippen LogP contribution in [-0.4, -0.2) is 56.3 Å². The average Bonchev–Trinajstić information content (AvgIpc) is 3.28. The first-order valence-corrected chi connectivity index (χ1v) is 9.62. The molecule has 150 valence electrons. The summed E-state index contributed by atoms with van der Waals surface area (Å²) < 4.78 is 11.2. The van der Waals surface area contributed by atoms with Crippen LogP contribution in [0.25, 0.3) is 0 Å². The van der Waals surface area contributed by atoms with E-state index >= 15 is 0 Å². The number of guanidine groups is 1. The highest BCUT2D eigenvalue weighted by Gasteiger charge is 2.25. The Bertz CT molecular complexity index is 488. The Balaban J connectivity index is 0.00000338. The third kappa shape index (κ3) is 8.26. The third-order valence-electron chi connectivity index (χ3n) is 4.28. The molecule has 1 fully saturated rings. The molecule has 0 bridgehead atoms. The fourth-order valence-corrected chi connectivity index (χ4v) is 3.04. The van der Waals surface area contributed by atoms with E-state index in [1.54, 1.807) is 6.26 Å². The van der Waals surface area contributed by atoms with Gasteiger partial charge in [0.2, 0.25) is 0 Å². The van der Waals surface area contributed by atoms with Crippen molar-refractivity contribution in [3.05, 3.63) is 24.2 Å². The molecule has 1 aliphatic heterocycles. The van der Waals surface area contributed by atoms with Gasteiger partial charge in [-0.1, -0.05) is 0 Å². The summed E-state index contributed by atoms with van der Waals surface area (Å²) in [6.45, 7) is 11.6. The molecule has 6 nitrogen and oxygen atoms in total. The summed E-state index contributed by atoms with van der Waals surface area (Å²) >= 11 is 0. The van der Waals surface area contributed by atoms with Gasteiger partial charge in [-0.25, -0.2) is 0 Å². The molecule has 1 atom stereocenters. The van der Waals surface area contributed by atoms with Gasteiger partial charge in [0.05, 0.1) is 25.0 Å². The van der Waals surface area contributed by atoms with Crippen molar-refractivity contribution >= 4 is 29.9 Å². The molecule has 2 N–H and O–H groups in total. The van der Waals surface area contributed by atoms with Crippen LogP contribution in [0.15, 0.2) is 27.8 Å². The Morgan fingerprint density at radius 3 is 2.69 bits per heavy atom. The molecule has 0 saturated carbocycles. The maximum absolute atomic E-state index is 5.67. The Kier molecular flexibility index (Phi) is 12.0. The van der Waals surface area contributed by atoms with Crippen molar-refractivity contribution in [1.29, 1.82) is 0 Å². The number of rotatable bonds is 10. The monoisotopic (exact) mass is 478 g/mol. The van der Waals surface area contributed by atoms with Crippen molar-refractivity contribution in [3.63, 3.8) is 0 Å². The van der Waals surface area contributed by atoms with Crippen LogP contribution in [0.3, 0.4) is 0 Å². The Labute approximate surface area is 175 Å². The van der Waals surface area contributed by atoms with Crippen molar-refractivity contribution < 1.29 is 9.15 Å². The van der Waals surface area contributed by atoms with Crippen LogP contribution < -0.4 is 10.6 Å². The van der Waals surface area contributed by atoms with Crippen molar-refractivity contribution in [1.82, 2.24) is 15.5 Å². The molecule has 1 aliphatic rings. The maximum Gasteiger partial charge on any atom is 0.191 e. The van der Waals surface area contributed by atoms with Gasteiger partial charge >= 0.3 is 0 Å². The highest BCUT2D eigenvalue weighted by molar-refractivity contribution is 14.0. The number of nitrogens with zero attached hydrogens (tertiary/aromatic N) is 2. The standard InChI is InChI=1S/C19H34N4O2.HI/c1-4-20-19(21-10-8-14-24-16(2)3)22-15-17(18-9-7-13-25-18)23-11-5-6-12-23;/h7,9,13,16-17H,4-6,8,10-12,14-15H2,1-3H3,(H2,20,21,22);1H. The SMILES string of the molecule is CCNC(=NCC(c1ccco1)N1CCCC1)NCCCOC(C)C.I. The molecule has 0 aliphatic carbocycles. The number of ether oxygens (including phenoxy) is 1. The van der Waals surface area contributed by atoms with Gasteiger partial charge < -0.3 is 19.8 Å². The molecule has 1 saturated heterocycles. The van der Waals surface area contributed by atoms with Gasteiger partial charge in [-0.05, 0) is 65.3 Å². The van der Waals surface area contributed by atoms with E-state index < -0.39 is 0 Å². The minimum atomic E-state index is 0. The summed E-state index contributed by atoms with van der Waals surface area (Å²) in [7, 11) is 0. The number of halogens is 1. The van der Waals surface area contributed by atoms with Gasteiger partial charge in [0, 0.05) is 19.7 Å². The van der Waals surface area contributed by atoms with Gasteiger partial charge in [0.25, 0.3) is 0 Å². The van der Waals surface area contributed by atoms with Crippen molar-refractivity contribution in [2.75, 3.05) is 39.3 Å². The molecule has 7 heteroatoms. The minimum absolute atomic E-state index is 0. The number of hydrogen-bond donors (Lipinski definition) is 2. The number of nitrogens with one attached hydrogen (secondary N) is 2. The van der Waals surface area contributed by atoms with Crippen LogP contribution in [0.1, 0.15) is 51.8 Å². The van der Waals surface area contributed by atoms with Gasteiger partial charge in [-0.2, -0.15) is 0 Å². The van der Waals surface area contributed by atoms with E-state index in [1.165, 1.54) is 12.8 Å². The first-order chi connectivity index (χ1) is 12.2. The lowest BCUT2D eigenvalue weighted by Gasteiger charge is -2.24. The molecule has 0 amide bonds. The minimum Gasteiger partial charge on any atom is -0.468 e. The van der Waals surface area contributed by atoms with Gasteiger partial charge in [-0.3, -0.25) is 9.89 Å². The Morgan fingerprint density at radius 2 is 2.08 bits per heavy atom. The van der Waals surface area contributed by atoms with Crippen LogP contribution in [-0.2, 0) is 4.74 Å². The lowest BCUT2D eigenvalue weighted by molar-refractivity contribution is 0.0776. The molecule has 0 spiro atoms.